The fourth-order valence-electron chi connectivity index (χ4n) is 3.53. The molecule has 9 heteroatoms. The first kappa shape index (κ1) is 24.2. The van der Waals surface area contributed by atoms with E-state index in [9.17, 15) is 18.8 Å². The van der Waals surface area contributed by atoms with Crippen molar-refractivity contribution >= 4 is 17.4 Å². The lowest BCUT2D eigenvalue weighted by Gasteiger charge is -2.20. The molecule has 3 rings (SSSR count). The Morgan fingerprint density at radius 1 is 1.15 bits per heavy atom. The third-order valence-corrected chi connectivity index (χ3v) is 5.37. The summed E-state index contributed by atoms with van der Waals surface area (Å²) in [5, 5.41) is 7.13. The summed E-state index contributed by atoms with van der Waals surface area (Å²) in [5.74, 6) is -1.09. The first-order chi connectivity index (χ1) is 15.7. The number of ether oxygens (including phenoxy) is 1. The number of esters is 1. The number of amides is 1. The molecule has 0 radical (unpaired) electrons. The van der Waals surface area contributed by atoms with Gasteiger partial charge < -0.3 is 10.1 Å². The van der Waals surface area contributed by atoms with E-state index in [1.807, 2.05) is 6.92 Å². The Morgan fingerprint density at radius 3 is 2.45 bits per heavy atom. The third-order valence-electron chi connectivity index (χ3n) is 5.37. The average molecular weight is 457 g/mol. The van der Waals surface area contributed by atoms with Crippen LogP contribution in [0.3, 0.4) is 0 Å². The second kappa shape index (κ2) is 10.4. The summed E-state index contributed by atoms with van der Waals surface area (Å²) in [7, 11) is 0. The lowest BCUT2D eigenvalue weighted by atomic mass is 10.0. The number of hydrogen-bond acceptors (Lipinski definition) is 5. The zero-order valence-corrected chi connectivity index (χ0v) is 19.3. The summed E-state index contributed by atoms with van der Waals surface area (Å²) in [4.78, 5) is 38.8. The number of halogens is 1. The Balaban J connectivity index is 2.11. The Morgan fingerprint density at radius 2 is 1.85 bits per heavy atom. The van der Waals surface area contributed by atoms with Gasteiger partial charge in [0.05, 0.1) is 12.8 Å². The van der Waals surface area contributed by atoms with Crippen molar-refractivity contribution in [3.63, 3.8) is 0 Å². The molecular formula is C24H29FN4O4. The van der Waals surface area contributed by atoms with Crippen molar-refractivity contribution in [3.05, 3.63) is 64.1 Å². The van der Waals surface area contributed by atoms with E-state index in [0.29, 0.717) is 11.6 Å². The zero-order chi connectivity index (χ0) is 24.1. The fraction of sp³-hybridized carbons (Fsp3) is 0.417. The van der Waals surface area contributed by atoms with E-state index in [1.54, 1.807) is 6.92 Å². The van der Waals surface area contributed by atoms with E-state index < -0.39 is 23.3 Å². The SMILES string of the molecule is CCOC(=O)c1cc2c(=O)n(-c3ccc(F)cc3)c(C(=O)NC(CC)CCC(C)C)cn2n1. The molecule has 0 bridgehead atoms. The summed E-state index contributed by atoms with van der Waals surface area (Å²) in [6, 6.07) is 6.52. The topological polar surface area (TPSA) is 94.7 Å². The molecule has 8 nitrogen and oxygen atoms in total. The molecule has 2 aromatic heterocycles. The van der Waals surface area contributed by atoms with E-state index in [2.05, 4.69) is 24.3 Å². The predicted octanol–water partition coefficient (Wildman–Crippen LogP) is 3.75. The van der Waals surface area contributed by atoms with Gasteiger partial charge in [0.1, 0.15) is 17.0 Å². The molecule has 1 amide bonds. The van der Waals surface area contributed by atoms with Gasteiger partial charge in [-0.3, -0.25) is 14.2 Å². The van der Waals surface area contributed by atoms with Crippen LogP contribution >= 0.6 is 0 Å². The molecule has 2 heterocycles. The van der Waals surface area contributed by atoms with Gasteiger partial charge in [-0.1, -0.05) is 20.8 Å². The smallest absolute Gasteiger partial charge is 0.358 e. The Kier molecular flexibility index (Phi) is 7.63. The van der Waals surface area contributed by atoms with Crippen molar-refractivity contribution in [1.29, 1.82) is 0 Å². The molecule has 0 saturated carbocycles. The number of carbonyl (C=O) groups is 2. The van der Waals surface area contributed by atoms with Gasteiger partial charge in [-0.25, -0.2) is 13.7 Å². The molecule has 1 N–H and O–H groups in total. The van der Waals surface area contributed by atoms with Crippen LogP contribution in [0.15, 0.2) is 41.3 Å². The number of fused-ring (bicyclic) bond motifs is 1. The van der Waals surface area contributed by atoms with Gasteiger partial charge in [0, 0.05) is 17.8 Å². The van der Waals surface area contributed by atoms with Crippen LogP contribution in [-0.4, -0.2) is 38.7 Å². The van der Waals surface area contributed by atoms with Crippen molar-refractivity contribution in [2.24, 2.45) is 5.92 Å². The molecule has 1 aromatic carbocycles. The molecule has 0 saturated heterocycles. The second-order valence-corrected chi connectivity index (χ2v) is 8.26. The molecule has 3 aromatic rings. The standard InChI is InChI=1S/C24H29FN4O4/c1-5-17(10-7-15(3)4)26-22(30)21-14-28-20(13-19(27-28)24(32)33-6-2)23(31)29(21)18-11-8-16(25)9-12-18/h8-9,11-15,17H,5-7,10H2,1-4H3,(H,26,30). The predicted molar refractivity (Wildman–Crippen MR) is 122 cm³/mol. The Bertz CT molecular complexity index is 1200. The molecule has 1 unspecified atom stereocenters. The van der Waals surface area contributed by atoms with E-state index in [1.165, 1.54) is 45.6 Å². The first-order valence-corrected chi connectivity index (χ1v) is 11.1. The highest BCUT2D eigenvalue weighted by molar-refractivity contribution is 5.94. The molecule has 0 fully saturated rings. The normalized spacial score (nSPS) is 12.2. The lowest BCUT2D eigenvalue weighted by Crippen LogP contribution is -2.38. The van der Waals surface area contributed by atoms with Crippen LogP contribution < -0.4 is 10.9 Å². The van der Waals surface area contributed by atoms with Crippen LogP contribution in [0.2, 0.25) is 0 Å². The van der Waals surface area contributed by atoms with Crippen LogP contribution in [-0.2, 0) is 4.74 Å². The van der Waals surface area contributed by atoms with E-state index in [0.717, 1.165) is 19.3 Å². The van der Waals surface area contributed by atoms with Crippen molar-refractivity contribution < 1.29 is 18.7 Å². The zero-order valence-electron chi connectivity index (χ0n) is 19.3. The number of benzene rings is 1. The highest BCUT2D eigenvalue weighted by Crippen LogP contribution is 2.15. The highest BCUT2D eigenvalue weighted by atomic mass is 19.1. The monoisotopic (exact) mass is 456 g/mol. The van der Waals surface area contributed by atoms with Crippen LogP contribution in [0.4, 0.5) is 4.39 Å². The van der Waals surface area contributed by atoms with Crippen LogP contribution in [0.1, 0.15) is 67.9 Å². The molecule has 0 spiro atoms. The van der Waals surface area contributed by atoms with E-state index >= 15 is 0 Å². The van der Waals surface area contributed by atoms with Gasteiger partial charge in [0.25, 0.3) is 11.5 Å². The van der Waals surface area contributed by atoms with Crippen molar-refractivity contribution in [2.75, 3.05) is 6.61 Å². The first-order valence-electron chi connectivity index (χ1n) is 11.1. The molecule has 0 aliphatic rings. The maximum atomic E-state index is 13.5. The van der Waals surface area contributed by atoms with Gasteiger partial charge >= 0.3 is 5.97 Å². The molecule has 1 atom stereocenters. The summed E-state index contributed by atoms with van der Waals surface area (Å²) in [5.41, 5.74) is -0.164. The van der Waals surface area contributed by atoms with Crippen molar-refractivity contribution in [3.8, 4) is 5.69 Å². The summed E-state index contributed by atoms with van der Waals surface area (Å²) in [6.45, 7) is 8.05. The molecular weight excluding hydrogens is 427 g/mol. The van der Waals surface area contributed by atoms with Crippen molar-refractivity contribution in [2.45, 2.75) is 53.0 Å². The van der Waals surface area contributed by atoms with Gasteiger partial charge in [0.15, 0.2) is 5.69 Å². The maximum Gasteiger partial charge on any atom is 0.358 e. The van der Waals surface area contributed by atoms with Gasteiger partial charge in [-0.15, -0.1) is 0 Å². The van der Waals surface area contributed by atoms with Crippen LogP contribution in [0.5, 0.6) is 0 Å². The Labute approximate surface area is 191 Å². The Hall–Kier alpha value is -3.49. The van der Waals surface area contributed by atoms with Crippen LogP contribution in [0, 0.1) is 11.7 Å². The number of hydrogen-bond donors (Lipinski definition) is 1. The number of nitrogens with zero attached hydrogens (tertiary/aromatic N) is 3. The van der Waals surface area contributed by atoms with E-state index in [-0.39, 0.29) is 29.6 Å². The fourth-order valence-corrected chi connectivity index (χ4v) is 3.53. The maximum absolute atomic E-state index is 13.5. The summed E-state index contributed by atoms with van der Waals surface area (Å²) in [6.07, 6.45) is 3.88. The van der Waals surface area contributed by atoms with Gasteiger partial charge in [0.2, 0.25) is 0 Å². The minimum atomic E-state index is -0.667. The molecule has 0 aliphatic heterocycles. The van der Waals surface area contributed by atoms with Crippen LogP contribution in [0.25, 0.3) is 11.2 Å². The summed E-state index contributed by atoms with van der Waals surface area (Å²) < 4.78 is 20.9. The third kappa shape index (κ3) is 5.47. The molecule has 0 aliphatic carbocycles. The van der Waals surface area contributed by atoms with Gasteiger partial charge in [-0.05, 0) is 56.4 Å². The van der Waals surface area contributed by atoms with Gasteiger partial charge in [-0.2, -0.15) is 5.10 Å². The summed E-state index contributed by atoms with van der Waals surface area (Å²) >= 11 is 0. The molecule has 176 valence electrons. The second-order valence-electron chi connectivity index (χ2n) is 8.26. The lowest BCUT2D eigenvalue weighted by molar-refractivity contribution is 0.0519. The minimum absolute atomic E-state index is 0.0283. The largest absolute Gasteiger partial charge is 0.461 e. The quantitative estimate of drug-likeness (QED) is 0.495. The number of rotatable bonds is 9. The number of nitrogens with one attached hydrogen (secondary N) is 1. The number of aromatic nitrogens is 3. The van der Waals surface area contributed by atoms with E-state index in [4.69, 9.17) is 4.74 Å². The molecule has 33 heavy (non-hydrogen) atoms. The highest BCUT2D eigenvalue weighted by Gasteiger charge is 2.22. The minimum Gasteiger partial charge on any atom is -0.461 e. The average Bonchev–Trinajstić information content (AvgIpc) is 3.22. The van der Waals surface area contributed by atoms with Crippen molar-refractivity contribution in [1.82, 2.24) is 19.5 Å². The number of carbonyl (C=O) groups excluding carboxylic acids is 2.